The smallest absolute Gasteiger partial charge is 0.0591 e. The summed E-state index contributed by atoms with van der Waals surface area (Å²) in [6, 6.07) is 0. The van der Waals surface area contributed by atoms with E-state index in [2.05, 4.69) is 26.1 Å². The molecule has 1 atom stereocenters. The summed E-state index contributed by atoms with van der Waals surface area (Å²) in [5, 5.41) is 3.49. The summed E-state index contributed by atoms with van der Waals surface area (Å²) in [6.07, 6.45) is 2.72. The fraction of sp³-hybridized carbons (Fsp3) is 1.00. The van der Waals surface area contributed by atoms with Crippen molar-refractivity contribution in [2.24, 2.45) is 17.6 Å². The van der Waals surface area contributed by atoms with Gasteiger partial charge in [-0.15, -0.1) is 0 Å². The van der Waals surface area contributed by atoms with Crippen LogP contribution in [0.4, 0.5) is 0 Å². The molecular formula is C12H26N2O. The lowest BCUT2D eigenvalue weighted by Gasteiger charge is -2.33. The van der Waals surface area contributed by atoms with Crippen LogP contribution in [0.5, 0.6) is 0 Å². The van der Waals surface area contributed by atoms with Crippen LogP contribution in [0.3, 0.4) is 0 Å². The van der Waals surface area contributed by atoms with Gasteiger partial charge >= 0.3 is 0 Å². The van der Waals surface area contributed by atoms with Gasteiger partial charge in [0.05, 0.1) is 6.61 Å². The second-order valence-corrected chi connectivity index (χ2v) is 5.22. The number of nitrogens with one attached hydrogen (secondary N) is 1. The molecule has 15 heavy (non-hydrogen) atoms. The summed E-state index contributed by atoms with van der Waals surface area (Å²) in [6.45, 7) is 9.90. The van der Waals surface area contributed by atoms with E-state index in [1.165, 1.54) is 12.8 Å². The van der Waals surface area contributed by atoms with Crippen LogP contribution >= 0.6 is 0 Å². The van der Waals surface area contributed by atoms with Gasteiger partial charge in [0.15, 0.2) is 0 Å². The molecule has 1 aliphatic carbocycles. The third-order valence-electron chi connectivity index (χ3n) is 3.52. The topological polar surface area (TPSA) is 47.3 Å². The molecule has 0 amide bonds. The quantitative estimate of drug-likeness (QED) is 0.600. The van der Waals surface area contributed by atoms with Crippen molar-refractivity contribution in [3.05, 3.63) is 0 Å². The second-order valence-electron chi connectivity index (χ2n) is 5.22. The van der Waals surface area contributed by atoms with Crippen LogP contribution in [0, 0.1) is 11.8 Å². The largest absolute Gasteiger partial charge is 0.380 e. The lowest BCUT2D eigenvalue weighted by molar-refractivity contribution is 0.116. The average Bonchev–Trinajstić information content (AvgIpc) is 3.00. The van der Waals surface area contributed by atoms with E-state index < -0.39 is 0 Å². The molecule has 90 valence electrons. The SMILES string of the molecule is CC(C)C(C)(CN)NCCOCC1CC1. The maximum atomic E-state index is 5.78. The normalized spacial score (nSPS) is 20.6. The van der Waals surface area contributed by atoms with Gasteiger partial charge in [-0.05, 0) is 31.6 Å². The number of rotatable bonds is 8. The van der Waals surface area contributed by atoms with Gasteiger partial charge in [-0.25, -0.2) is 0 Å². The lowest BCUT2D eigenvalue weighted by atomic mass is 9.88. The Kier molecular flexibility index (Phi) is 5.03. The van der Waals surface area contributed by atoms with E-state index in [0.717, 1.165) is 25.7 Å². The fourth-order valence-corrected chi connectivity index (χ4v) is 1.46. The van der Waals surface area contributed by atoms with E-state index in [0.29, 0.717) is 12.5 Å². The molecule has 0 bridgehead atoms. The summed E-state index contributed by atoms with van der Waals surface area (Å²) in [5.74, 6) is 1.40. The van der Waals surface area contributed by atoms with Gasteiger partial charge in [0, 0.05) is 25.2 Å². The van der Waals surface area contributed by atoms with Crippen molar-refractivity contribution in [1.82, 2.24) is 5.32 Å². The van der Waals surface area contributed by atoms with Crippen molar-refractivity contribution < 1.29 is 4.74 Å². The highest BCUT2D eigenvalue weighted by Gasteiger charge is 2.25. The van der Waals surface area contributed by atoms with E-state index in [4.69, 9.17) is 10.5 Å². The molecule has 0 aromatic heterocycles. The van der Waals surface area contributed by atoms with Crippen molar-refractivity contribution >= 4 is 0 Å². The molecule has 0 aromatic carbocycles. The minimum atomic E-state index is 0.0446. The molecule has 0 saturated heterocycles. The van der Waals surface area contributed by atoms with E-state index in [9.17, 15) is 0 Å². The molecule has 0 spiro atoms. The summed E-state index contributed by atoms with van der Waals surface area (Å²) in [4.78, 5) is 0. The minimum Gasteiger partial charge on any atom is -0.380 e. The minimum absolute atomic E-state index is 0.0446. The average molecular weight is 214 g/mol. The number of hydrogen-bond donors (Lipinski definition) is 2. The molecule has 0 aromatic rings. The zero-order valence-corrected chi connectivity index (χ0v) is 10.4. The maximum absolute atomic E-state index is 5.78. The zero-order valence-electron chi connectivity index (χ0n) is 10.4. The summed E-state index contributed by atoms with van der Waals surface area (Å²) in [5.41, 5.74) is 5.82. The molecule has 3 N–H and O–H groups in total. The Labute approximate surface area is 93.8 Å². The molecule has 1 fully saturated rings. The van der Waals surface area contributed by atoms with Crippen LogP contribution in [0.25, 0.3) is 0 Å². The van der Waals surface area contributed by atoms with Gasteiger partial charge in [0.1, 0.15) is 0 Å². The zero-order chi connectivity index (χ0) is 11.3. The predicted octanol–water partition coefficient (Wildman–Crippen LogP) is 1.38. The Morgan fingerprint density at radius 3 is 2.60 bits per heavy atom. The maximum Gasteiger partial charge on any atom is 0.0591 e. The molecule has 0 heterocycles. The molecule has 0 aliphatic heterocycles. The van der Waals surface area contributed by atoms with Crippen LogP contribution in [0.2, 0.25) is 0 Å². The Hall–Kier alpha value is -0.120. The van der Waals surface area contributed by atoms with Gasteiger partial charge in [-0.1, -0.05) is 13.8 Å². The van der Waals surface area contributed by atoms with Crippen LogP contribution in [-0.4, -0.2) is 31.8 Å². The van der Waals surface area contributed by atoms with Crippen LogP contribution in [-0.2, 0) is 4.74 Å². The first-order valence-corrected chi connectivity index (χ1v) is 6.11. The van der Waals surface area contributed by atoms with E-state index >= 15 is 0 Å². The van der Waals surface area contributed by atoms with Gasteiger partial charge in [-0.3, -0.25) is 0 Å². The lowest BCUT2D eigenvalue weighted by Crippen LogP contribution is -2.53. The molecule has 1 aliphatic rings. The van der Waals surface area contributed by atoms with Gasteiger partial charge in [-0.2, -0.15) is 0 Å². The van der Waals surface area contributed by atoms with Gasteiger partial charge < -0.3 is 15.8 Å². The highest BCUT2D eigenvalue weighted by Crippen LogP contribution is 2.28. The Morgan fingerprint density at radius 2 is 2.13 bits per heavy atom. The standard InChI is InChI=1S/C12H26N2O/c1-10(2)12(3,9-13)14-6-7-15-8-11-4-5-11/h10-11,14H,4-9,13H2,1-3H3. The molecule has 3 heteroatoms. The number of ether oxygens (including phenoxy) is 1. The third-order valence-corrected chi connectivity index (χ3v) is 3.52. The van der Waals surface area contributed by atoms with Crippen LogP contribution < -0.4 is 11.1 Å². The third kappa shape index (κ3) is 4.49. The molecule has 3 nitrogen and oxygen atoms in total. The van der Waals surface area contributed by atoms with E-state index in [-0.39, 0.29) is 5.54 Å². The van der Waals surface area contributed by atoms with Crippen molar-refractivity contribution in [2.45, 2.75) is 39.2 Å². The van der Waals surface area contributed by atoms with Crippen molar-refractivity contribution in [1.29, 1.82) is 0 Å². The Balaban J connectivity index is 2.05. The van der Waals surface area contributed by atoms with Gasteiger partial charge in [0.2, 0.25) is 0 Å². The van der Waals surface area contributed by atoms with Crippen LogP contribution in [0.1, 0.15) is 33.6 Å². The first kappa shape index (κ1) is 12.9. The Bertz CT molecular complexity index is 180. The molecule has 1 unspecified atom stereocenters. The first-order valence-electron chi connectivity index (χ1n) is 6.11. The highest BCUT2D eigenvalue weighted by atomic mass is 16.5. The molecule has 0 radical (unpaired) electrons. The van der Waals surface area contributed by atoms with E-state index in [1.54, 1.807) is 0 Å². The van der Waals surface area contributed by atoms with Crippen molar-refractivity contribution in [3.63, 3.8) is 0 Å². The Morgan fingerprint density at radius 1 is 1.47 bits per heavy atom. The molecule has 1 saturated carbocycles. The predicted molar refractivity (Wildman–Crippen MR) is 63.8 cm³/mol. The summed E-state index contributed by atoms with van der Waals surface area (Å²) < 4.78 is 5.57. The second kappa shape index (κ2) is 5.83. The highest BCUT2D eigenvalue weighted by molar-refractivity contribution is 4.87. The fourth-order valence-electron chi connectivity index (χ4n) is 1.46. The van der Waals surface area contributed by atoms with Crippen molar-refractivity contribution in [2.75, 3.05) is 26.3 Å². The molecule has 1 rings (SSSR count). The summed E-state index contributed by atoms with van der Waals surface area (Å²) >= 11 is 0. The van der Waals surface area contributed by atoms with Gasteiger partial charge in [0.25, 0.3) is 0 Å². The monoisotopic (exact) mass is 214 g/mol. The molecular weight excluding hydrogens is 188 g/mol. The summed E-state index contributed by atoms with van der Waals surface area (Å²) in [7, 11) is 0. The number of nitrogens with two attached hydrogens (primary N) is 1. The number of hydrogen-bond acceptors (Lipinski definition) is 3. The van der Waals surface area contributed by atoms with Crippen molar-refractivity contribution in [3.8, 4) is 0 Å². The first-order chi connectivity index (χ1) is 7.08. The van der Waals surface area contributed by atoms with Crippen LogP contribution in [0.15, 0.2) is 0 Å². The van der Waals surface area contributed by atoms with E-state index in [1.807, 2.05) is 0 Å².